The lowest BCUT2D eigenvalue weighted by atomic mass is 9.91. The first-order valence-corrected chi connectivity index (χ1v) is 10.8. The number of nitrogens with zero attached hydrogens (tertiary/aromatic N) is 5. The van der Waals surface area contributed by atoms with Crippen molar-refractivity contribution in [3.05, 3.63) is 27.2 Å². The number of carbonyl (C=O) groups excluding carboxylic acids is 1. The smallest absolute Gasteiger partial charge is 0.332 e. The van der Waals surface area contributed by atoms with E-state index in [1.807, 2.05) is 0 Å². The second kappa shape index (κ2) is 9.14. The van der Waals surface area contributed by atoms with Gasteiger partial charge in [-0.3, -0.25) is 18.7 Å². The minimum atomic E-state index is -1.47. The van der Waals surface area contributed by atoms with Crippen molar-refractivity contribution in [2.75, 3.05) is 19.6 Å². The van der Waals surface area contributed by atoms with Crippen molar-refractivity contribution in [2.24, 2.45) is 25.6 Å². The predicted molar refractivity (Wildman–Crippen MR) is 118 cm³/mol. The Morgan fingerprint density at radius 2 is 1.97 bits per heavy atom. The number of hydrogen-bond donors (Lipinski definition) is 4. The van der Waals surface area contributed by atoms with Gasteiger partial charge in [0.05, 0.1) is 30.1 Å². The van der Waals surface area contributed by atoms with Crippen molar-refractivity contribution in [2.45, 2.75) is 56.4 Å². The van der Waals surface area contributed by atoms with Crippen LogP contribution in [0.15, 0.2) is 15.9 Å². The van der Waals surface area contributed by atoms with E-state index in [1.165, 1.54) is 34.5 Å². The normalized spacial score (nSPS) is 25.2. The Morgan fingerprint density at radius 3 is 2.62 bits per heavy atom. The predicted octanol–water partition coefficient (Wildman–Crippen LogP) is -2.22. The molecule has 1 fully saturated rings. The Hall–Kier alpha value is -2.54. The van der Waals surface area contributed by atoms with Gasteiger partial charge in [-0.1, -0.05) is 6.42 Å². The molecule has 4 atom stereocenters. The SMILES string of the molecule is Cn1c(=O)c2c(ncn2[C@@H]2CN(C(=O)[C@@H](N)CCCCN)C[C@@H](O)C[C@@]2(C)O)n(C)c1=O. The number of aliphatic hydroxyl groups excluding tert-OH is 1. The third-order valence-electron chi connectivity index (χ3n) is 6.30. The van der Waals surface area contributed by atoms with Gasteiger partial charge in [-0.2, -0.15) is 0 Å². The Kier molecular flexibility index (Phi) is 6.89. The zero-order valence-electron chi connectivity index (χ0n) is 18.8. The quantitative estimate of drug-likeness (QED) is 0.357. The highest BCUT2D eigenvalue weighted by molar-refractivity contribution is 5.81. The van der Waals surface area contributed by atoms with Gasteiger partial charge in [0.2, 0.25) is 5.91 Å². The van der Waals surface area contributed by atoms with Gasteiger partial charge in [-0.25, -0.2) is 9.78 Å². The highest BCUT2D eigenvalue weighted by atomic mass is 16.3. The van der Waals surface area contributed by atoms with E-state index in [2.05, 4.69) is 4.98 Å². The first-order valence-electron chi connectivity index (χ1n) is 10.8. The van der Waals surface area contributed by atoms with Gasteiger partial charge in [0.1, 0.15) is 0 Å². The maximum absolute atomic E-state index is 13.0. The van der Waals surface area contributed by atoms with E-state index < -0.39 is 35.0 Å². The monoisotopic (exact) mass is 451 g/mol. The van der Waals surface area contributed by atoms with E-state index >= 15 is 0 Å². The maximum atomic E-state index is 13.0. The summed E-state index contributed by atoms with van der Waals surface area (Å²) >= 11 is 0. The third kappa shape index (κ3) is 4.35. The van der Waals surface area contributed by atoms with Crippen LogP contribution in [0.3, 0.4) is 0 Å². The Morgan fingerprint density at radius 1 is 1.28 bits per heavy atom. The molecule has 0 aromatic carbocycles. The van der Waals surface area contributed by atoms with Crippen molar-refractivity contribution >= 4 is 17.1 Å². The number of likely N-dealkylation sites (tertiary alicyclic amines) is 1. The fourth-order valence-corrected chi connectivity index (χ4v) is 4.45. The maximum Gasteiger partial charge on any atom is 0.332 e. The van der Waals surface area contributed by atoms with Gasteiger partial charge in [0.15, 0.2) is 11.2 Å². The summed E-state index contributed by atoms with van der Waals surface area (Å²) in [7, 11) is 2.87. The Balaban J connectivity index is 2.04. The Labute approximate surface area is 185 Å². The number of aliphatic hydroxyl groups is 2. The zero-order chi connectivity index (χ0) is 23.8. The van der Waals surface area contributed by atoms with Crippen LogP contribution in [0.2, 0.25) is 0 Å². The number of aryl methyl sites for hydroxylation is 1. The van der Waals surface area contributed by atoms with Crippen molar-refractivity contribution in [3.8, 4) is 0 Å². The highest BCUT2D eigenvalue weighted by Crippen LogP contribution is 2.33. The van der Waals surface area contributed by atoms with Crippen LogP contribution < -0.4 is 22.7 Å². The molecule has 6 N–H and O–H groups in total. The van der Waals surface area contributed by atoms with Crippen molar-refractivity contribution in [1.29, 1.82) is 0 Å². The number of β-amino-alcohol motifs (C(OH)–C–C–N with tert-alkyl or cyclic N) is 1. The standard InChI is InChI=1S/C20H33N7O5/c1-20(32)8-12(28)9-26(17(29)13(22)6-4-5-7-21)10-14(20)27-11-23-16-15(27)18(30)25(3)19(31)24(16)2/h11-14,28,32H,4-10,21-22H2,1-3H3/t12-,13-,14+,20+/m0/s1. The van der Waals surface area contributed by atoms with Crippen molar-refractivity contribution < 1.29 is 15.0 Å². The number of amides is 1. The molecule has 0 bridgehead atoms. The van der Waals surface area contributed by atoms with Gasteiger partial charge in [-0.15, -0.1) is 0 Å². The number of carbonyl (C=O) groups is 1. The van der Waals surface area contributed by atoms with Gasteiger partial charge in [0, 0.05) is 33.6 Å². The van der Waals surface area contributed by atoms with Gasteiger partial charge in [-0.05, 0) is 26.3 Å². The molecule has 2 aromatic rings. The molecule has 3 heterocycles. The summed E-state index contributed by atoms with van der Waals surface area (Å²) in [6.45, 7) is 2.10. The van der Waals surface area contributed by atoms with Crippen LogP contribution in [0.4, 0.5) is 0 Å². The molecule has 32 heavy (non-hydrogen) atoms. The minimum Gasteiger partial charge on any atom is -0.391 e. The molecule has 0 radical (unpaired) electrons. The summed E-state index contributed by atoms with van der Waals surface area (Å²) < 4.78 is 3.72. The zero-order valence-corrected chi connectivity index (χ0v) is 18.8. The number of unbranched alkanes of at least 4 members (excludes halogenated alkanes) is 1. The van der Waals surface area contributed by atoms with E-state index in [0.29, 0.717) is 19.4 Å². The van der Waals surface area contributed by atoms with Crippen LogP contribution >= 0.6 is 0 Å². The fourth-order valence-electron chi connectivity index (χ4n) is 4.45. The summed E-state index contributed by atoms with van der Waals surface area (Å²) in [6, 6.07) is -1.55. The van der Waals surface area contributed by atoms with E-state index in [9.17, 15) is 24.6 Å². The molecule has 1 aliphatic heterocycles. The van der Waals surface area contributed by atoms with Crippen LogP contribution in [0.5, 0.6) is 0 Å². The molecule has 0 aliphatic carbocycles. The van der Waals surface area contributed by atoms with Gasteiger partial charge < -0.3 is 31.1 Å². The fraction of sp³-hybridized carbons (Fsp3) is 0.700. The minimum absolute atomic E-state index is 0.0131. The van der Waals surface area contributed by atoms with Gasteiger partial charge >= 0.3 is 5.69 Å². The largest absolute Gasteiger partial charge is 0.391 e. The number of fused-ring (bicyclic) bond motifs is 1. The molecular formula is C20H33N7O5. The number of aromatic nitrogens is 4. The summed E-state index contributed by atoms with van der Waals surface area (Å²) in [5.41, 5.74) is 9.38. The number of rotatable bonds is 6. The van der Waals surface area contributed by atoms with Crippen LogP contribution in [-0.2, 0) is 18.9 Å². The molecule has 0 unspecified atom stereocenters. The topological polar surface area (TPSA) is 175 Å². The van der Waals surface area contributed by atoms with E-state index in [-0.39, 0.29) is 36.6 Å². The molecule has 2 aromatic heterocycles. The first-order chi connectivity index (χ1) is 15.0. The highest BCUT2D eigenvalue weighted by Gasteiger charge is 2.42. The van der Waals surface area contributed by atoms with Crippen molar-refractivity contribution in [3.63, 3.8) is 0 Å². The summed E-state index contributed by atoms with van der Waals surface area (Å²) in [5, 5.41) is 21.7. The van der Waals surface area contributed by atoms with Crippen LogP contribution in [0, 0.1) is 0 Å². The average Bonchev–Trinajstić information content (AvgIpc) is 3.12. The third-order valence-corrected chi connectivity index (χ3v) is 6.30. The lowest BCUT2D eigenvalue weighted by molar-refractivity contribution is -0.134. The summed E-state index contributed by atoms with van der Waals surface area (Å²) in [4.78, 5) is 43.9. The molecule has 12 nitrogen and oxygen atoms in total. The second-order valence-electron chi connectivity index (χ2n) is 8.89. The average molecular weight is 452 g/mol. The van der Waals surface area contributed by atoms with Gasteiger partial charge in [0.25, 0.3) is 5.56 Å². The molecule has 1 aliphatic rings. The molecule has 3 rings (SSSR count). The first kappa shape index (κ1) is 24.1. The van der Waals surface area contributed by atoms with Crippen molar-refractivity contribution in [1.82, 2.24) is 23.6 Å². The summed E-state index contributed by atoms with van der Waals surface area (Å²) in [6.07, 6.45) is 2.31. The van der Waals surface area contributed by atoms with Crippen LogP contribution in [0.25, 0.3) is 11.2 Å². The molecule has 12 heteroatoms. The number of nitrogens with two attached hydrogens (primary N) is 2. The van der Waals surface area contributed by atoms with Crippen LogP contribution in [0.1, 0.15) is 38.6 Å². The lowest BCUT2D eigenvalue weighted by Crippen LogP contribution is -2.48. The molecule has 0 spiro atoms. The molecule has 178 valence electrons. The molecular weight excluding hydrogens is 418 g/mol. The molecule has 1 saturated heterocycles. The molecule has 0 saturated carbocycles. The number of hydrogen-bond acceptors (Lipinski definition) is 8. The Bertz CT molecular complexity index is 1100. The lowest BCUT2D eigenvalue weighted by Gasteiger charge is -2.34. The van der Waals surface area contributed by atoms with Crippen LogP contribution in [-0.4, -0.2) is 77.1 Å². The summed E-state index contributed by atoms with van der Waals surface area (Å²) in [5.74, 6) is -0.339. The number of imidazole rings is 1. The van der Waals surface area contributed by atoms with E-state index in [1.54, 1.807) is 6.92 Å². The molecule has 1 amide bonds. The van der Waals surface area contributed by atoms with E-state index in [4.69, 9.17) is 11.5 Å². The van der Waals surface area contributed by atoms with E-state index in [0.717, 1.165) is 11.0 Å². The second-order valence-corrected chi connectivity index (χ2v) is 8.89.